The van der Waals surface area contributed by atoms with E-state index >= 15 is 0 Å². The molecular formula is C28H24Cl3NO7. The Morgan fingerprint density at radius 3 is 2.36 bits per heavy atom. The van der Waals surface area contributed by atoms with Gasteiger partial charge in [0.25, 0.3) is 0 Å². The third kappa shape index (κ3) is 3.84. The average Bonchev–Trinajstić information content (AvgIpc) is 3.21. The lowest BCUT2D eigenvalue weighted by Gasteiger charge is -2.42. The highest BCUT2D eigenvalue weighted by atomic mass is 35.5. The predicted octanol–water partition coefficient (Wildman–Crippen LogP) is 5.67. The molecular weight excluding hydrogens is 569 g/mol. The molecule has 0 unspecified atom stereocenters. The van der Waals surface area contributed by atoms with Gasteiger partial charge < -0.3 is 24.3 Å². The highest BCUT2D eigenvalue weighted by molar-refractivity contribution is 6.37. The fraction of sp³-hybridized carbons (Fsp3) is 0.321. The molecule has 0 bridgehead atoms. The second kappa shape index (κ2) is 9.77. The van der Waals surface area contributed by atoms with Crippen molar-refractivity contribution < 1.29 is 33.3 Å². The highest BCUT2D eigenvalue weighted by Crippen LogP contribution is 2.56. The molecule has 2 aromatic rings. The number of ether oxygens (including phenoxy) is 4. The smallest absolute Gasteiger partial charge is 0.336 e. The number of benzene rings is 2. The molecule has 8 nitrogen and oxygen atoms in total. The van der Waals surface area contributed by atoms with E-state index in [1.54, 1.807) is 26.0 Å². The van der Waals surface area contributed by atoms with Gasteiger partial charge in [-0.25, -0.2) is 4.79 Å². The summed E-state index contributed by atoms with van der Waals surface area (Å²) >= 11 is 19.3. The molecule has 3 aliphatic rings. The lowest BCUT2D eigenvalue weighted by atomic mass is 9.65. The maximum Gasteiger partial charge on any atom is 0.336 e. The number of halogens is 3. The van der Waals surface area contributed by atoms with Crippen molar-refractivity contribution in [1.82, 2.24) is 5.32 Å². The number of esters is 1. The largest absolute Gasteiger partial charge is 0.496 e. The molecule has 3 atom stereocenters. The number of carbonyl (C=O) groups is 3. The molecule has 11 heteroatoms. The minimum atomic E-state index is -1.96. The van der Waals surface area contributed by atoms with Crippen molar-refractivity contribution in [2.45, 2.75) is 31.8 Å². The molecule has 5 rings (SSSR count). The van der Waals surface area contributed by atoms with Crippen molar-refractivity contribution in [3.63, 3.8) is 0 Å². The number of hydrogen-bond acceptors (Lipinski definition) is 8. The monoisotopic (exact) mass is 591 g/mol. The molecule has 2 heterocycles. The summed E-state index contributed by atoms with van der Waals surface area (Å²) in [4.78, 5) is 41.9. The number of Topliss-reactive ketones (excluding diaryl/α,β-unsaturated/α-hetero) is 2. The average molecular weight is 593 g/mol. The first kappa shape index (κ1) is 27.4. The molecule has 2 aromatic carbocycles. The van der Waals surface area contributed by atoms with E-state index in [0.29, 0.717) is 22.0 Å². The standard InChI is InChI=1S/C28H24Cl3NO7/c1-11-8-16-21(20(14-7-6-13(29)9-15(14)30)19(12(2)32-16)27(35)38-5)25(33)28(11)26(34)22-17(36-3)10-18(37-4)23(31)24(22)39-28/h6-7,9-11,20,32H,8H2,1-5H3/t11-,20+,28+/m1/s1. The predicted molar refractivity (Wildman–Crippen MR) is 145 cm³/mol. The number of rotatable bonds is 4. The van der Waals surface area contributed by atoms with E-state index in [2.05, 4.69) is 5.32 Å². The second-order valence-electron chi connectivity index (χ2n) is 9.55. The van der Waals surface area contributed by atoms with E-state index in [9.17, 15) is 14.4 Å². The quantitative estimate of drug-likeness (QED) is 0.358. The van der Waals surface area contributed by atoms with Gasteiger partial charge in [0.1, 0.15) is 22.1 Å². The Bertz CT molecular complexity index is 1530. The maximum absolute atomic E-state index is 14.7. The molecule has 1 aliphatic carbocycles. The summed E-state index contributed by atoms with van der Waals surface area (Å²) in [6.45, 7) is 3.47. The van der Waals surface area contributed by atoms with Gasteiger partial charge in [-0.2, -0.15) is 0 Å². The SMILES string of the molecule is COC(=O)C1=C(C)NC2=C(C(=O)[C@@]3(Oc4c(Cl)c(OC)cc(OC)c4C3=O)[C@H](C)C2)[C@H]1c1ccc(Cl)cc1Cl. The van der Waals surface area contributed by atoms with Crippen LogP contribution in [0.15, 0.2) is 46.8 Å². The molecule has 0 saturated heterocycles. The third-order valence-electron chi connectivity index (χ3n) is 7.53. The summed E-state index contributed by atoms with van der Waals surface area (Å²) in [7, 11) is 4.07. The highest BCUT2D eigenvalue weighted by Gasteiger charge is 2.63. The number of allylic oxidation sites excluding steroid dienone is 2. The molecule has 0 aromatic heterocycles. The Kier molecular flexibility index (Phi) is 6.85. The Morgan fingerprint density at radius 1 is 1.05 bits per heavy atom. The van der Waals surface area contributed by atoms with Crippen LogP contribution < -0.4 is 19.5 Å². The van der Waals surface area contributed by atoms with Crippen molar-refractivity contribution in [2.24, 2.45) is 5.92 Å². The van der Waals surface area contributed by atoms with Crippen molar-refractivity contribution in [1.29, 1.82) is 0 Å². The zero-order valence-corrected chi connectivity index (χ0v) is 23.9. The lowest BCUT2D eigenvalue weighted by molar-refractivity contribution is -0.136. The van der Waals surface area contributed by atoms with Crippen molar-refractivity contribution in [2.75, 3.05) is 21.3 Å². The fourth-order valence-electron chi connectivity index (χ4n) is 5.70. The van der Waals surface area contributed by atoms with E-state index < -0.39 is 35.0 Å². The van der Waals surface area contributed by atoms with Crippen LogP contribution in [0.4, 0.5) is 0 Å². The first-order chi connectivity index (χ1) is 18.5. The molecule has 0 fully saturated rings. The summed E-state index contributed by atoms with van der Waals surface area (Å²) in [5.74, 6) is -3.03. The summed E-state index contributed by atoms with van der Waals surface area (Å²) in [5, 5.41) is 3.87. The van der Waals surface area contributed by atoms with E-state index in [-0.39, 0.29) is 50.4 Å². The number of ketones is 2. The van der Waals surface area contributed by atoms with Gasteiger partial charge in [0.15, 0.2) is 5.75 Å². The maximum atomic E-state index is 14.7. The molecule has 2 aliphatic heterocycles. The van der Waals surface area contributed by atoms with Gasteiger partial charge in [0.2, 0.25) is 17.2 Å². The van der Waals surface area contributed by atoms with Gasteiger partial charge in [0.05, 0.1) is 26.9 Å². The number of methoxy groups -OCH3 is 3. The number of hydrogen-bond donors (Lipinski definition) is 1. The summed E-state index contributed by atoms with van der Waals surface area (Å²) < 4.78 is 22.2. The number of fused-ring (bicyclic) bond motifs is 1. The summed E-state index contributed by atoms with van der Waals surface area (Å²) in [6.07, 6.45) is 0.255. The minimum Gasteiger partial charge on any atom is -0.496 e. The Labute approximate surface area is 239 Å². The zero-order chi connectivity index (χ0) is 28.4. The van der Waals surface area contributed by atoms with Crippen LogP contribution in [0.2, 0.25) is 15.1 Å². The van der Waals surface area contributed by atoms with Crippen LogP contribution in [-0.4, -0.2) is 44.5 Å². The van der Waals surface area contributed by atoms with Crippen LogP contribution in [0.1, 0.15) is 42.1 Å². The molecule has 0 radical (unpaired) electrons. The van der Waals surface area contributed by atoms with Crippen molar-refractivity contribution >= 4 is 52.3 Å². The van der Waals surface area contributed by atoms with Crippen LogP contribution in [-0.2, 0) is 14.3 Å². The molecule has 0 amide bonds. The number of nitrogens with one attached hydrogen (secondary N) is 1. The topological polar surface area (TPSA) is 100 Å². The van der Waals surface area contributed by atoms with Gasteiger partial charge in [-0.3, -0.25) is 9.59 Å². The number of dihydropyridines is 1. The van der Waals surface area contributed by atoms with Gasteiger partial charge in [-0.05, 0) is 31.0 Å². The second-order valence-corrected chi connectivity index (χ2v) is 10.8. The minimum absolute atomic E-state index is 0.00637. The summed E-state index contributed by atoms with van der Waals surface area (Å²) in [5.41, 5.74) is -0.0440. The lowest BCUT2D eigenvalue weighted by Crippen LogP contribution is -2.58. The van der Waals surface area contributed by atoms with E-state index in [1.165, 1.54) is 33.5 Å². The fourth-order valence-corrected chi connectivity index (χ4v) is 6.48. The Balaban J connectivity index is 1.74. The van der Waals surface area contributed by atoms with E-state index in [4.69, 9.17) is 53.8 Å². The Hall–Kier alpha value is -3.20. The normalized spacial score (nSPS) is 23.8. The van der Waals surface area contributed by atoms with Gasteiger partial charge in [0, 0.05) is 44.9 Å². The molecule has 204 valence electrons. The van der Waals surface area contributed by atoms with Crippen molar-refractivity contribution in [3.05, 3.63) is 73.0 Å². The first-order valence-corrected chi connectivity index (χ1v) is 13.1. The van der Waals surface area contributed by atoms with E-state index in [0.717, 1.165) is 0 Å². The molecule has 0 saturated carbocycles. The summed E-state index contributed by atoms with van der Waals surface area (Å²) in [6, 6.07) is 6.27. The van der Waals surface area contributed by atoms with Crippen LogP contribution >= 0.6 is 34.8 Å². The van der Waals surface area contributed by atoms with Crippen molar-refractivity contribution in [3.8, 4) is 17.2 Å². The van der Waals surface area contributed by atoms with Crippen LogP contribution in [0.25, 0.3) is 0 Å². The molecule has 1 N–H and O–H groups in total. The van der Waals surface area contributed by atoms with Crippen LogP contribution in [0.5, 0.6) is 17.2 Å². The van der Waals surface area contributed by atoms with Gasteiger partial charge in [-0.1, -0.05) is 47.8 Å². The molecule has 1 spiro atoms. The van der Waals surface area contributed by atoms with E-state index in [1.807, 2.05) is 0 Å². The Morgan fingerprint density at radius 2 is 1.74 bits per heavy atom. The zero-order valence-electron chi connectivity index (χ0n) is 21.7. The third-order valence-corrected chi connectivity index (χ3v) is 8.45. The number of carbonyl (C=O) groups excluding carboxylic acids is 3. The van der Waals surface area contributed by atoms with Crippen LogP contribution in [0, 0.1) is 5.92 Å². The van der Waals surface area contributed by atoms with Crippen LogP contribution in [0.3, 0.4) is 0 Å². The first-order valence-electron chi connectivity index (χ1n) is 12.0. The van der Waals surface area contributed by atoms with Gasteiger partial charge in [-0.15, -0.1) is 0 Å². The van der Waals surface area contributed by atoms with Gasteiger partial charge >= 0.3 is 5.97 Å². The molecule has 39 heavy (non-hydrogen) atoms.